The monoisotopic (exact) mass is 778 g/mol. The molecule has 0 amide bonds. The summed E-state index contributed by atoms with van der Waals surface area (Å²) in [4.78, 5) is 0. The second kappa shape index (κ2) is 23.6. The van der Waals surface area contributed by atoms with Gasteiger partial charge in [0.25, 0.3) is 0 Å². The fraction of sp³-hybridized carbons (Fsp3) is 0.346. The molecule has 0 radical (unpaired) electrons. The van der Waals surface area contributed by atoms with Crippen molar-refractivity contribution in [3.8, 4) is 56.4 Å². The zero-order chi connectivity index (χ0) is 40.0. The van der Waals surface area contributed by atoms with Crippen molar-refractivity contribution in [1.29, 1.82) is 0 Å². The lowest BCUT2D eigenvalue weighted by Crippen LogP contribution is -2.33. The van der Waals surface area contributed by atoms with Crippen molar-refractivity contribution in [1.82, 2.24) is 0 Å². The zero-order valence-electron chi connectivity index (χ0n) is 34.7. The summed E-state index contributed by atoms with van der Waals surface area (Å²) in [6.45, 7) is 3.68. The molecule has 0 fully saturated rings. The topological polar surface area (TPSA) is 44.7 Å². The maximum absolute atomic E-state index is 6.00. The summed E-state index contributed by atoms with van der Waals surface area (Å²) < 4.78 is 27.1. The lowest BCUT2D eigenvalue weighted by atomic mass is 10.1. The molecule has 0 aliphatic carbocycles. The van der Waals surface area contributed by atoms with Crippen molar-refractivity contribution in [2.24, 2.45) is 0 Å². The second-order valence-electron chi connectivity index (χ2n) is 15.1. The maximum Gasteiger partial charge on any atom is 0.169 e. The molecule has 0 aliphatic rings. The predicted molar refractivity (Wildman–Crippen MR) is 236 cm³/mol. The standard InChI is InChI=1S/C52H62N2O4/c1-55-49-23-15-43(16-24-49)45-19-27-51(28-20-45)57-41-13-9-5-3-7-11-35-53-37-31-47(32-38-53)48-33-39-54(40-34-48)36-12-8-4-6-10-14-42-58-52-29-21-46(22-30-52)44-17-25-50(56-2)26-18-44/h15-34,37-40H,3-14,35-36,41-42H2,1-2H3/q+2. The van der Waals surface area contributed by atoms with E-state index in [1.807, 2.05) is 24.3 Å². The highest BCUT2D eigenvalue weighted by Crippen LogP contribution is 2.26. The summed E-state index contributed by atoms with van der Waals surface area (Å²) in [5.74, 6) is 3.62. The van der Waals surface area contributed by atoms with Crippen molar-refractivity contribution < 1.29 is 28.1 Å². The Labute approximate surface area is 347 Å². The van der Waals surface area contributed by atoms with Crippen LogP contribution in [0.15, 0.2) is 146 Å². The third-order valence-corrected chi connectivity index (χ3v) is 10.8. The number of rotatable bonds is 25. The minimum Gasteiger partial charge on any atom is -0.497 e. The molecule has 6 heteroatoms. The van der Waals surface area contributed by atoms with Crippen molar-refractivity contribution >= 4 is 0 Å². The van der Waals surface area contributed by atoms with Crippen LogP contribution in [-0.4, -0.2) is 27.4 Å². The highest BCUT2D eigenvalue weighted by Gasteiger charge is 2.07. The summed E-state index contributed by atoms with van der Waals surface area (Å²) in [7, 11) is 3.38. The molecule has 0 aliphatic heterocycles. The summed E-state index contributed by atoms with van der Waals surface area (Å²) >= 11 is 0. The highest BCUT2D eigenvalue weighted by molar-refractivity contribution is 5.66. The zero-order valence-corrected chi connectivity index (χ0v) is 34.7. The van der Waals surface area contributed by atoms with E-state index in [0.717, 1.165) is 62.1 Å². The molecule has 6 aromatic rings. The van der Waals surface area contributed by atoms with E-state index in [-0.39, 0.29) is 0 Å². The number of unbranched alkanes of at least 4 members (excludes halogenated alkanes) is 10. The Hall–Kier alpha value is -5.62. The lowest BCUT2D eigenvalue weighted by molar-refractivity contribution is -0.697. The Kier molecular flexibility index (Phi) is 17.1. The summed E-state index contributed by atoms with van der Waals surface area (Å²) in [6.07, 6.45) is 23.5. The van der Waals surface area contributed by atoms with Crippen LogP contribution in [0.3, 0.4) is 0 Å². The van der Waals surface area contributed by atoms with E-state index in [1.165, 1.54) is 97.6 Å². The Balaban J connectivity index is 0.752. The molecular formula is C52H62N2O4+2. The van der Waals surface area contributed by atoms with Crippen molar-refractivity contribution in [2.45, 2.75) is 90.1 Å². The molecule has 0 bridgehead atoms. The van der Waals surface area contributed by atoms with Crippen molar-refractivity contribution in [2.75, 3.05) is 27.4 Å². The summed E-state index contributed by atoms with van der Waals surface area (Å²) in [6, 6.07) is 42.0. The molecular weight excluding hydrogens is 717 g/mol. The van der Waals surface area contributed by atoms with Gasteiger partial charge in [-0.15, -0.1) is 0 Å². The van der Waals surface area contributed by atoms with Crippen LogP contribution >= 0.6 is 0 Å². The fourth-order valence-electron chi connectivity index (χ4n) is 7.24. The fourth-order valence-corrected chi connectivity index (χ4v) is 7.24. The molecule has 6 rings (SSSR count). The number of pyridine rings is 2. The van der Waals surface area contributed by atoms with Gasteiger partial charge in [0, 0.05) is 37.1 Å². The first kappa shape index (κ1) is 42.0. The first-order valence-electron chi connectivity index (χ1n) is 21.4. The Morgan fingerprint density at radius 2 is 0.552 bits per heavy atom. The van der Waals surface area contributed by atoms with E-state index in [2.05, 4.69) is 131 Å². The van der Waals surface area contributed by atoms with E-state index < -0.39 is 0 Å². The Bertz CT molecular complexity index is 1860. The van der Waals surface area contributed by atoms with E-state index in [0.29, 0.717) is 0 Å². The van der Waals surface area contributed by atoms with Gasteiger partial charge in [-0.1, -0.05) is 87.1 Å². The number of hydrogen-bond donors (Lipinski definition) is 0. The summed E-state index contributed by atoms with van der Waals surface area (Å²) in [5, 5.41) is 0. The van der Waals surface area contributed by atoms with Crippen LogP contribution in [0, 0.1) is 0 Å². The van der Waals surface area contributed by atoms with Gasteiger partial charge in [0.1, 0.15) is 36.1 Å². The number of benzene rings is 4. The molecule has 2 heterocycles. The van der Waals surface area contributed by atoms with E-state index in [1.54, 1.807) is 14.2 Å². The van der Waals surface area contributed by atoms with Crippen molar-refractivity contribution in [3.05, 3.63) is 146 Å². The van der Waals surface area contributed by atoms with Crippen LogP contribution < -0.4 is 28.1 Å². The first-order valence-corrected chi connectivity index (χ1v) is 21.4. The van der Waals surface area contributed by atoms with E-state index in [9.17, 15) is 0 Å². The number of aromatic nitrogens is 2. The molecule has 302 valence electrons. The van der Waals surface area contributed by atoms with Gasteiger partial charge in [0.05, 0.1) is 27.4 Å². The number of ether oxygens (including phenoxy) is 4. The largest absolute Gasteiger partial charge is 0.497 e. The smallest absolute Gasteiger partial charge is 0.169 e. The van der Waals surface area contributed by atoms with Crippen LogP contribution in [0.25, 0.3) is 33.4 Å². The number of aryl methyl sites for hydroxylation is 2. The lowest BCUT2D eigenvalue weighted by Gasteiger charge is -2.08. The van der Waals surface area contributed by atoms with E-state index >= 15 is 0 Å². The molecule has 0 unspecified atom stereocenters. The third-order valence-electron chi connectivity index (χ3n) is 10.8. The minimum absolute atomic E-state index is 0.772. The van der Waals surface area contributed by atoms with Crippen LogP contribution in [0.4, 0.5) is 0 Å². The molecule has 0 atom stereocenters. The van der Waals surface area contributed by atoms with Gasteiger partial charge in [0.2, 0.25) is 0 Å². The van der Waals surface area contributed by atoms with Gasteiger partial charge in [-0.05, 0) is 108 Å². The minimum atomic E-state index is 0.772. The molecule has 0 spiro atoms. The molecule has 58 heavy (non-hydrogen) atoms. The van der Waals surface area contributed by atoms with Gasteiger partial charge < -0.3 is 18.9 Å². The average molecular weight is 779 g/mol. The first-order chi connectivity index (χ1) is 28.7. The molecule has 2 aromatic heterocycles. The third kappa shape index (κ3) is 13.8. The van der Waals surface area contributed by atoms with Gasteiger partial charge >= 0.3 is 0 Å². The van der Waals surface area contributed by atoms with Crippen LogP contribution in [0.2, 0.25) is 0 Å². The van der Waals surface area contributed by atoms with E-state index in [4.69, 9.17) is 18.9 Å². The number of hydrogen-bond acceptors (Lipinski definition) is 4. The molecule has 0 N–H and O–H groups in total. The highest BCUT2D eigenvalue weighted by atomic mass is 16.5. The van der Waals surface area contributed by atoms with Gasteiger partial charge in [0.15, 0.2) is 24.8 Å². The Morgan fingerprint density at radius 1 is 0.293 bits per heavy atom. The number of nitrogens with zero attached hydrogens (tertiary/aromatic N) is 2. The molecule has 6 nitrogen and oxygen atoms in total. The second-order valence-corrected chi connectivity index (χ2v) is 15.1. The molecule has 0 saturated carbocycles. The predicted octanol–water partition coefficient (Wildman–Crippen LogP) is 12.1. The molecule has 4 aromatic carbocycles. The van der Waals surface area contributed by atoms with Gasteiger partial charge in [-0.2, -0.15) is 0 Å². The van der Waals surface area contributed by atoms with Gasteiger partial charge in [-0.25, -0.2) is 9.13 Å². The van der Waals surface area contributed by atoms with Crippen LogP contribution in [0.5, 0.6) is 23.0 Å². The van der Waals surface area contributed by atoms with Crippen molar-refractivity contribution in [3.63, 3.8) is 0 Å². The van der Waals surface area contributed by atoms with Crippen LogP contribution in [0.1, 0.15) is 77.0 Å². The Morgan fingerprint density at radius 3 is 0.862 bits per heavy atom. The quantitative estimate of drug-likeness (QED) is 0.0429. The molecule has 0 saturated heterocycles. The average Bonchev–Trinajstić information content (AvgIpc) is 3.29. The number of methoxy groups -OCH3 is 2. The normalized spacial score (nSPS) is 11.0. The van der Waals surface area contributed by atoms with Crippen LogP contribution in [-0.2, 0) is 13.1 Å². The maximum atomic E-state index is 6.00. The SMILES string of the molecule is COc1ccc(-c2ccc(OCCCCCCCC[n+]3ccc(-c4cc[n+](CCCCCCCCOc5ccc(-c6ccc(OC)cc6)cc5)cc4)cc3)cc2)cc1. The summed E-state index contributed by atoms with van der Waals surface area (Å²) in [5.41, 5.74) is 7.26. The van der Waals surface area contributed by atoms with Gasteiger partial charge in [-0.3, -0.25) is 0 Å².